The monoisotopic (exact) mass is 250 g/mol. The van der Waals surface area contributed by atoms with Crippen molar-refractivity contribution in [2.24, 2.45) is 0 Å². The van der Waals surface area contributed by atoms with Crippen LogP contribution in [0.25, 0.3) is 0 Å². The van der Waals surface area contributed by atoms with Gasteiger partial charge in [0, 0.05) is 11.6 Å². The zero-order chi connectivity index (χ0) is 12.0. The van der Waals surface area contributed by atoms with E-state index in [4.69, 9.17) is 11.6 Å². The number of nitrogens with one attached hydrogen (secondary N) is 1. The molecule has 1 N–H and O–H groups in total. The predicted molar refractivity (Wildman–Crippen MR) is 69.7 cm³/mol. The molecule has 1 heterocycles. The fraction of sp³-hybridized carbons (Fsp3) is 0.462. The number of anilines is 2. The molecule has 0 aromatic heterocycles. The lowest BCUT2D eigenvalue weighted by atomic mass is 9.73. The van der Waals surface area contributed by atoms with Crippen molar-refractivity contribution in [2.75, 3.05) is 16.8 Å². The standard InChI is InChI=1S/C13H15ClN2O/c1-2-16-11-5-4-9(14)8-10(11)15-12(17)13(16)6-3-7-13/h4-5,8H,2-3,6-7H2,1H3,(H,15,17). The average Bonchev–Trinajstić information content (AvgIpc) is 2.24. The molecule has 1 spiro atoms. The molecule has 1 aromatic rings. The summed E-state index contributed by atoms with van der Waals surface area (Å²) >= 11 is 5.96. The molecule has 3 nitrogen and oxygen atoms in total. The minimum absolute atomic E-state index is 0.125. The van der Waals surface area contributed by atoms with E-state index in [0.717, 1.165) is 37.2 Å². The van der Waals surface area contributed by atoms with Gasteiger partial charge in [-0.05, 0) is 44.4 Å². The zero-order valence-corrected chi connectivity index (χ0v) is 10.5. The Morgan fingerprint density at radius 2 is 2.24 bits per heavy atom. The normalized spacial score (nSPS) is 20.8. The summed E-state index contributed by atoms with van der Waals surface area (Å²) in [6.45, 7) is 2.94. The Kier molecular flexibility index (Phi) is 2.33. The van der Waals surface area contributed by atoms with Gasteiger partial charge in [-0.2, -0.15) is 0 Å². The summed E-state index contributed by atoms with van der Waals surface area (Å²) in [7, 11) is 0. The molecule has 0 bridgehead atoms. The van der Waals surface area contributed by atoms with E-state index in [1.165, 1.54) is 0 Å². The van der Waals surface area contributed by atoms with Crippen LogP contribution in [0, 0.1) is 0 Å². The van der Waals surface area contributed by atoms with Gasteiger partial charge in [0.25, 0.3) is 0 Å². The fourth-order valence-electron chi connectivity index (χ4n) is 2.92. The molecule has 0 radical (unpaired) electrons. The highest BCUT2D eigenvalue weighted by Crippen LogP contribution is 2.47. The Labute approximate surface area is 106 Å². The maximum Gasteiger partial charge on any atom is 0.250 e. The number of rotatable bonds is 1. The summed E-state index contributed by atoms with van der Waals surface area (Å²) in [5.74, 6) is 0.125. The molecule has 1 saturated carbocycles. The number of carbonyl (C=O) groups excluding carboxylic acids is 1. The molecule has 1 aliphatic heterocycles. The third-order valence-corrected chi connectivity index (χ3v) is 4.17. The van der Waals surface area contributed by atoms with E-state index < -0.39 is 0 Å². The summed E-state index contributed by atoms with van der Waals surface area (Å²) in [6, 6.07) is 5.70. The molecule has 0 atom stereocenters. The lowest BCUT2D eigenvalue weighted by Gasteiger charge is -2.52. The number of nitrogens with zero attached hydrogens (tertiary/aromatic N) is 1. The molecule has 4 heteroatoms. The van der Waals surface area contributed by atoms with Crippen LogP contribution in [0.2, 0.25) is 5.02 Å². The molecule has 1 amide bonds. The van der Waals surface area contributed by atoms with Crippen LogP contribution in [0.3, 0.4) is 0 Å². The van der Waals surface area contributed by atoms with Gasteiger partial charge in [-0.3, -0.25) is 4.79 Å². The van der Waals surface area contributed by atoms with E-state index in [2.05, 4.69) is 17.1 Å². The highest BCUT2D eigenvalue weighted by molar-refractivity contribution is 6.31. The number of likely N-dealkylation sites (N-methyl/N-ethyl adjacent to an activating group) is 1. The van der Waals surface area contributed by atoms with Crippen LogP contribution >= 0.6 is 11.6 Å². The molecule has 1 aliphatic carbocycles. The van der Waals surface area contributed by atoms with Crippen molar-refractivity contribution < 1.29 is 4.79 Å². The third kappa shape index (κ3) is 1.38. The van der Waals surface area contributed by atoms with Gasteiger partial charge in [0.1, 0.15) is 5.54 Å². The van der Waals surface area contributed by atoms with E-state index >= 15 is 0 Å². The average molecular weight is 251 g/mol. The van der Waals surface area contributed by atoms with Crippen molar-refractivity contribution in [1.82, 2.24) is 0 Å². The second-order valence-corrected chi connectivity index (χ2v) is 5.18. The SMILES string of the molecule is CCN1c2ccc(Cl)cc2NC(=O)C12CCC2. The highest BCUT2D eigenvalue weighted by atomic mass is 35.5. The summed E-state index contributed by atoms with van der Waals surface area (Å²) in [5, 5.41) is 3.65. The minimum Gasteiger partial charge on any atom is -0.356 e. The van der Waals surface area contributed by atoms with E-state index in [9.17, 15) is 4.79 Å². The Balaban J connectivity index is 2.11. The third-order valence-electron chi connectivity index (χ3n) is 3.93. The maximum atomic E-state index is 12.2. The minimum atomic E-state index is -0.296. The lowest BCUT2D eigenvalue weighted by Crippen LogP contribution is -2.63. The van der Waals surface area contributed by atoms with E-state index in [1.807, 2.05) is 18.2 Å². The predicted octanol–water partition coefficient (Wildman–Crippen LogP) is 3.04. The first-order valence-corrected chi connectivity index (χ1v) is 6.44. The molecule has 90 valence electrons. The molecule has 2 aliphatic rings. The first-order valence-electron chi connectivity index (χ1n) is 6.06. The van der Waals surface area contributed by atoms with Gasteiger partial charge in [-0.1, -0.05) is 11.6 Å². The fourth-order valence-corrected chi connectivity index (χ4v) is 3.09. The molecular weight excluding hydrogens is 236 g/mol. The summed E-state index contributed by atoms with van der Waals surface area (Å²) in [6.07, 6.45) is 3.04. The maximum absolute atomic E-state index is 12.2. The van der Waals surface area contributed by atoms with Crippen molar-refractivity contribution in [3.8, 4) is 0 Å². The van der Waals surface area contributed by atoms with Gasteiger partial charge in [-0.15, -0.1) is 0 Å². The molecule has 0 saturated heterocycles. The molecule has 1 fully saturated rings. The number of carbonyl (C=O) groups is 1. The lowest BCUT2D eigenvalue weighted by molar-refractivity contribution is -0.124. The number of halogens is 1. The molecule has 17 heavy (non-hydrogen) atoms. The molecule has 1 aromatic carbocycles. The zero-order valence-electron chi connectivity index (χ0n) is 9.79. The Morgan fingerprint density at radius 1 is 1.47 bits per heavy atom. The van der Waals surface area contributed by atoms with Gasteiger partial charge in [-0.25, -0.2) is 0 Å². The highest BCUT2D eigenvalue weighted by Gasteiger charge is 2.51. The van der Waals surface area contributed by atoms with Crippen LogP contribution in [0.15, 0.2) is 18.2 Å². The number of benzene rings is 1. The summed E-state index contributed by atoms with van der Waals surface area (Å²) in [5.41, 5.74) is 1.63. The van der Waals surface area contributed by atoms with Crippen LogP contribution < -0.4 is 10.2 Å². The van der Waals surface area contributed by atoms with Crippen molar-refractivity contribution in [3.05, 3.63) is 23.2 Å². The topological polar surface area (TPSA) is 32.3 Å². The number of hydrogen-bond donors (Lipinski definition) is 1. The van der Waals surface area contributed by atoms with Gasteiger partial charge in [0.15, 0.2) is 0 Å². The Bertz CT molecular complexity index is 482. The smallest absolute Gasteiger partial charge is 0.250 e. The summed E-state index contributed by atoms with van der Waals surface area (Å²) < 4.78 is 0. The number of hydrogen-bond acceptors (Lipinski definition) is 2. The van der Waals surface area contributed by atoms with Gasteiger partial charge in [0.05, 0.1) is 11.4 Å². The van der Waals surface area contributed by atoms with Gasteiger partial charge in [0.2, 0.25) is 5.91 Å². The van der Waals surface area contributed by atoms with Crippen LogP contribution in [-0.4, -0.2) is 18.0 Å². The second-order valence-electron chi connectivity index (χ2n) is 4.74. The van der Waals surface area contributed by atoms with Crippen molar-refractivity contribution in [3.63, 3.8) is 0 Å². The second kappa shape index (κ2) is 3.64. The number of amides is 1. The van der Waals surface area contributed by atoms with E-state index in [-0.39, 0.29) is 11.4 Å². The van der Waals surface area contributed by atoms with Crippen LogP contribution in [-0.2, 0) is 4.79 Å². The van der Waals surface area contributed by atoms with Gasteiger partial charge >= 0.3 is 0 Å². The first-order chi connectivity index (χ1) is 8.17. The largest absolute Gasteiger partial charge is 0.356 e. The van der Waals surface area contributed by atoms with Crippen molar-refractivity contribution in [1.29, 1.82) is 0 Å². The van der Waals surface area contributed by atoms with Crippen LogP contribution in [0.4, 0.5) is 11.4 Å². The quantitative estimate of drug-likeness (QED) is 0.831. The van der Waals surface area contributed by atoms with Gasteiger partial charge < -0.3 is 10.2 Å². The Hall–Kier alpha value is -1.22. The van der Waals surface area contributed by atoms with Crippen molar-refractivity contribution >= 4 is 28.9 Å². The Morgan fingerprint density at radius 3 is 2.82 bits per heavy atom. The van der Waals surface area contributed by atoms with Crippen molar-refractivity contribution in [2.45, 2.75) is 31.7 Å². The number of fused-ring (bicyclic) bond motifs is 1. The summed E-state index contributed by atoms with van der Waals surface area (Å²) in [4.78, 5) is 14.5. The van der Waals surface area contributed by atoms with Crippen LogP contribution in [0.5, 0.6) is 0 Å². The molecule has 3 rings (SSSR count). The molecular formula is C13H15ClN2O. The molecule has 0 unspecified atom stereocenters. The van der Waals surface area contributed by atoms with E-state index in [1.54, 1.807) is 0 Å². The van der Waals surface area contributed by atoms with Crippen LogP contribution in [0.1, 0.15) is 26.2 Å². The van der Waals surface area contributed by atoms with E-state index in [0.29, 0.717) is 5.02 Å². The first kappa shape index (κ1) is 10.9.